The molecular weight excluding hydrogens is 166 g/mol. The quantitative estimate of drug-likeness (QED) is 0.693. The molecule has 2 aromatic rings. The van der Waals surface area contributed by atoms with Gasteiger partial charge in [-0.2, -0.15) is 5.10 Å². The molecular formula is C9H9N3O. The van der Waals surface area contributed by atoms with Gasteiger partial charge < -0.3 is 5.32 Å². The van der Waals surface area contributed by atoms with Gasteiger partial charge in [0, 0.05) is 13.2 Å². The van der Waals surface area contributed by atoms with E-state index in [0.29, 0.717) is 5.69 Å². The number of hydrogen-bond donors (Lipinski definition) is 1. The van der Waals surface area contributed by atoms with Crippen LogP contribution in [0.4, 0.5) is 0 Å². The summed E-state index contributed by atoms with van der Waals surface area (Å²) in [7, 11) is 1.60. The molecule has 0 radical (unpaired) electrons. The molecule has 66 valence electrons. The minimum absolute atomic E-state index is 0.126. The van der Waals surface area contributed by atoms with Crippen LogP contribution < -0.4 is 5.32 Å². The first-order chi connectivity index (χ1) is 6.33. The molecule has 0 bridgehead atoms. The molecule has 4 nitrogen and oxygen atoms in total. The largest absolute Gasteiger partial charge is 0.354 e. The first kappa shape index (κ1) is 7.79. The lowest BCUT2D eigenvalue weighted by molar-refractivity contribution is 0.0956. The minimum Gasteiger partial charge on any atom is -0.354 e. The van der Waals surface area contributed by atoms with Crippen molar-refractivity contribution < 1.29 is 4.79 Å². The van der Waals surface area contributed by atoms with Crippen LogP contribution in [0.25, 0.3) is 5.52 Å². The normalized spacial score (nSPS) is 10.2. The van der Waals surface area contributed by atoms with Gasteiger partial charge in [0.1, 0.15) is 5.69 Å². The summed E-state index contributed by atoms with van der Waals surface area (Å²) in [6, 6.07) is 7.35. The molecule has 0 aliphatic carbocycles. The van der Waals surface area contributed by atoms with Crippen molar-refractivity contribution in [2.24, 2.45) is 0 Å². The number of hydrogen-bond acceptors (Lipinski definition) is 2. The molecule has 1 N–H and O–H groups in total. The first-order valence-electron chi connectivity index (χ1n) is 3.98. The maximum Gasteiger partial charge on any atom is 0.269 e. The van der Waals surface area contributed by atoms with Gasteiger partial charge in [-0.3, -0.25) is 4.79 Å². The number of carbonyl (C=O) groups excluding carboxylic acids is 1. The highest BCUT2D eigenvalue weighted by molar-refractivity contribution is 5.93. The molecule has 0 aromatic carbocycles. The van der Waals surface area contributed by atoms with Crippen LogP contribution in [0.5, 0.6) is 0 Å². The van der Waals surface area contributed by atoms with Crippen LogP contribution in [-0.4, -0.2) is 22.6 Å². The van der Waals surface area contributed by atoms with Crippen LogP contribution in [0, 0.1) is 0 Å². The highest BCUT2D eigenvalue weighted by Crippen LogP contribution is 2.06. The molecule has 13 heavy (non-hydrogen) atoms. The van der Waals surface area contributed by atoms with Crippen molar-refractivity contribution in [3.8, 4) is 0 Å². The Kier molecular flexibility index (Phi) is 1.73. The van der Waals surface area contributed by atoms with E-state index >= 15 is 0 Å². The summed E-state index contributed by atoms with van der Waals surface area (Å²) < 4.78 is 1.61. The van der Waals surface area contributed by atoms with Gasteiger partial charge in [-0.1, -0.05) is 0 Å². The van der Waals surface area contributed by atoms with E-state index in [0.717, 1.165) is 5.52 Å². The van der Waals surface area contributed by atoms with E-state index in [1.165, 1.54) is 0 Å². The molecule has 0 aliphatic heterocycles. The van der Waals surface area contributed by atoms with Crippen molar-refractivity contribution in [3.63, 3.8) is 0 Å². The zero-order chi connectivity index (χ0) is 9.26. The second-order valence-electron chi connectivity index (χ2n) is 2.66. The van der Waals surface area contributed by atoms with E-state index < -0.39 is 0 Å². The van der Waals surface area contributed by atoms with E-state index in [-0.39, 0.29) is 5.91 Å². The standard InChI is InChI=1S/C9H9N3O/c1-10-9(13)8-5-4-7-3-2-6-11-12(7)8/h2-6H,1H3,(H,10,13). The Balaban J connectivity index is 2.64. The fourth-order valence-corrected chi connectivity index (χ4v) is 1.25. The van der Waals surface area contributed by atoms with Crippen molar-refractivity contribution in [1.82, 2.24) is 14.9 Å². The number of amides is 1. The first-order valence-corrected chi connectivity index (χ1v) is 3.98. The van der Waals surface area contributed by atoms with Crippen LogP contribution in [0.3, 0.4) is 0 Å². The summed E-state index contributed by atoms with van der Waals surface area (Å²) in [5.74, 6) is -0.126. The monoisotopic (exact) mass is 175 g/mol. The second kappa shape index (κ2) is 2.90. The molecule has 0 unspecified atom stereocenters. The fraction of sp³-hybridized carbons (Fsp3) is 0.111. The van der Waals surface area contributed by atoms with E-state index in [1.807, 2.05) is 18.2 Å². The molecule has 4 heteroatoms. The smallest absolute Gasteiger partial charge is 0.269 e. The van der Waals surface area contributed by atoms with Gasteiger partial charge in [-0.25, -0.2) is 4.52 Å². The summed E-state index contributed by atoms with van der Waals surface area (Å²) >= 11 is 0. The van der Waals surface area contributed by atoms with Crippen molar-refractivity contribution in [2.75, 3.05) is 7.05 Å². The maximum absolute atomic E-state index is 11.3. The summed E-state index contributed by atoms with van der Waals surface area (Å²) in [5.41, 5.74) is 1.47. The van der Waals surface area contributed by atoms with Gasteiger partial charge in [0.15, 0.2) is 0 Å². The minimum atomic E-state index is -0.126. The van der Waals surface area contributed by atoms with Crippen molar-refractivity contribution in [1.29, 1.82) is 0 Å². The molecule has 0 atom stereocenters. The third kappa shape index (κ3) is 1.16. The molecule has 2 aromatic heterocycles. The lowest BCUT2D eigenvalue weighted by Gasteiger charge is -1.98. The Morgan fingerprint density at radius 3 is 3.08 bits per heavy atom. The van der Waals surface area contributed by atoms with Crippen LogP contribution in [0.1, 0.15) is 10.5 Å². The van der Waals surface area contributed by atoms with Crippen molar-refractivity contribution in [2.45, 2.75) is 0 Å². The molecule has 1 amide bonds. The lowest BCUT2D eigenvalue weighted by atomic mass is 10.4. The molecule has 0 saturated heterocycles. The zero-order valence-corrected chi connectivity index (χ0v) is 7.19. The Labute approximate surface area is 75.2 Å². The highest BCUT2D eigenvalue weighted by atomic mass is 16.1. The summed E-state index contributed by atoms with van der Waals surface area (Å²) in [5, 5.41) is 6.63. The number of nitrogens with zero attached hydrogens (tertiary/aromatic N) is 2. The van der Waals surface area contributed by atoms with Gasteiger partial charge >= 0.3 is 0 Å². The zero-order valence-electron chi connectivity index (χ0n) is 7.19. The van der Waals surface area contributed by atoms with Crippen molar-refractivity contribution in [3.05, 3.63) is 36.2 Å². The summed E-state index contributed by atoms with van der Waals surface area (Å²) in [6.07, 6.45) is 1.65. The number of fused-ring (bicyclic) bond motifs is 1. The molecule has 0 fully saturated rings. The summed E-state index contributed by atoms with van der Waals surface area (Å²) in [4.78, 5) is 11.3. The molecule has 0 saturated carbocycles. The van der Waals surface area contributed by atoms with Crippen LogP contribution in [-0.2, 0) is 0 Å². The fourth-order valence-electron chi connectivity index (χ4n) is 1.25. The predicted octanol–water partition coefficient (Wildman–Crippen LogP) is 0.694. The van der Waals surface area contributed by atoms with E-state index in [2.05, 4.69) is 10.4 Å². The number of rotatable bonds is 1. The van der Waals surface area contributed by atoms with Crippen molar-refractivity contribution >= 4 is 11.4 Å². The molecule has 2 rings (SSSR count). The molecule has 0 aliphatic rings. The van der Waals surface area contributed by atoms with E-state index in [1.54, 1.807) is 23.8 Å². The predicted molar refractivity (Wildman–Crippen MR) is 48.6 cm³/mol. The van der Waals surface area contributed by atoms with Gasteiger partial charge in [-0.05, 0) is 24.3 Å². The Bertz CT molecular complexity index is 447. The number of carbonyl (C=O) groups is 1. The van der Waals surface area contributed by atoms with Gasteiger partial charge in [0.2, 0.25) is 0 Å². The average molecular weight is 175 g/mol. The SMILES string of the molecule is CNC(=O)c1ccc2cccnn12. The second-order valence-corrected chi connectivity index (χ2v) is 2.66. The third-order valence-corrected chi connectivity index (χ3v) is 1.88. The average Bonchev–Trinajstić information content (AvgIpc) is 2.60. The topological polar surface area (TPSA) is 46.4 Å². The highest BCUT2D eigenvalue weighted by Gasteiger charge is 2.08. The van der Waals surface area contributed by atoms with Crippen LogP contribution in [0.15, 0.2) is 30.5 Å². The molecule has 2 heterocycles. The number of aromatic nitrogens is 2. The van der Waals surface area contributed by atoms with E-state index in [4.69, 9.17) is 0 Å². The Hall–Kier alpha value is -1.84. The van der Waals surface area contributed by atoms with Crippen LogP contribution in [0.2, 0.25) is 0 Å². The third-order valence-electron chi connectivity index (χ3n) is 1.88. The van der Waals surface area contributed by atoms with E-state index in [9.17, 15) is 4.79 Å². The Morgan fingerprint density at radius 2 is 2.31 bits per heavy atom. The maximum atomic E-state index is 11.3. The molecule has 0 spiro atoms. The van der Waals surface area contributed by atoms with Gasteiger partial charge in [0.05, 0.1) is 5.52 Å². The van der Waals surface area contributed by atoms with Gasteiger partial charge in [0.25, 0.3) is 5.91 Å². The van der Waals surface area contributed by atoms with Gasteiger partial charge in [-0.15, -0.1) is 0 Å². The summed E-state index contributed by atoms with van der Waals surface area (Å²) in [6.45, 7) is 0. The Morgan fingerprint density at radius 1 is 1.46 bits per heavy atom. The van der Waals surface area contributed by atoms with Crippen LogP contribution >= 0.6 is 0 Å². The lowest BCUT2D eigenvalue weighted by Crippen LogP contribution is -2.20. The number of nitrogens with one attached hydrogen (secondary N) is 1.